The summed E-state index contributed by atoms with van der Waals surface area (Å²) in [6.45, 7) is 4.32. The normalized spacial score (nSPS) is 12.9. The maximum absolute atomic E-state index is 11.6. The van der Waals surface area contributed by atoms with E-state index in [1.807, 2.05) is 18.2 Å². The summed E-state index contributed by atoms with van der Waals surface area (Å²) in [4.78, 5) is 22.1. The highest BCUT2D eigenvalue weighted by atomic mass is 16.5. The van der Waals surface area contributed by atoms with Crippen molar-refractivity contribution in [3.8, 4) is 0 Å². The third-order valence-electron chi connectivity index (χ3n) is 5.77. The predicted molar refractivity (Wildman–Crippen MR) is 129 cm³/mol. The summed E-state index contributed by atoms with van der Waals surface area (Å²) < 4.78 is 11.8. The fraction of sp³-hybridized carbons (Fsp3) is 0.704. The molecule has 0 bridgehead atoms. The third-order valence-corrected chi connectivity index (χ3v) is 5.77. The number of hydrogen-bond donors (Lipinski definition) is 1. The number of benzene rings is 1. The Morgan fingerprint density at radius 1 is 0.812 bits per heavy atom. The first-order valence-electron chi connectivity index (χ1n) is 12.6. The number of carboxylic acid groups (broad SMARTS) is 1. The maximum atomic E-state index is 11.6. The molecule has 0 saturated heterocycles. The molecule has 0 heterocycles. The van der Waals surface area contributed by atoms with E-state index >= 15 is 0 Å². The Balaban J connectivity index is 2.38. The molecule has 5 nitrogen and oxygen atoms in total. The molecule has 5 heteroatoms. The molecule has 0 aliphatic carbocycles. The van der Waals surface area contributed by atoms with Gasteiger partial charge in [-0.15, -0.1) is 0 Å². The number of aliphatic carboxylic acids is 1. The number of carbonyl (C=O) groups is 2. The molecule has 0 aliphatic heterocycles. The van der Waals surface area contributed by atoms with Crippen LogP contribution in [0, 0.1) is 0 Å². The summed E-state index contributed by atoms with van der Waals surface area (Å²) in [5.41, 5.74) is 1.19. The fourth-order valence-electron chi connectivity index (χ4n) is 3.95. The van der Waals surface area contributed by atoms with Crippen LogP contribution in [0.3, 0.4) is 0 Å². The average molecular weight is 449 g/mol. The van der Waals surface area contributed by atoms with Crippen molar-refractivity contribution in [3.05, 3.63) is 35.9 Å². The number of carboxylic acids is 1. The Morgan fingerprint density at radius 3 is 2.06 bits per heavy atom. The molecule has 0 fully saturated rings. The Morgan fingerprint density at radius 2 is 1.41 bits per heavy atom. The highest BCUT2D eigenvalue weighted by molar-refractivity contribution is 5.66. The molecular weight excluding hydrogens is 404 g/mol. The number of carbonyl (C=O) groups excluding carboxylic acids is 1. The molecule has 0 aromatic heterocycles. The van der Waals surface area contributed by atoms with E-state index in [0.29, 0.717) is 6.61 Å². The van der Waals surface area contributed by atoms with Gasteiger partial charge < -0.3 is 14.6 Å². The van der Waals surface area contributed by atoms with Crippen LogP contribution in [0.25, 0.3) is 0 Å². The standard InChI is InChI=1S/C27H44O5/c1-3-4-10-17-25(31-22-24-15-11-9-12-16-24)20-21-26(32-23(2)28)18-13-7-5-6-8-14-19-27(29)30/h9,11-12,15-16,25-26H,3-8,10,13-14,17-22H2,1-2H3,(H,29,30). The van der Waals surface area contributed by atoms with Gasteiger partial charge in [-0.05, 0) is 44.1 Å². The van der Waals surface area contributed by atoms with Gasteiger partial charge in [-0.3, -0.25) is 9.59 Å². The average Bonchev–Trinajstić information content (AvgIpc) is 2.77. The van der Waals surface area contributed by atoms with Crippen molar-refractivity contribution in [1.82, 2.24) is 0 Å². The molecule has 0 spiro atoms. The van der Waals surface area contributed by atoms with Crippen LogP contribution in [0.2, 0.25) is 0 Å². The second kappa shape index (κ2) is 18.7. The van der Waals surface area contributed by atoms with E-state index in [1.165, 1.54) is 25.3 Å². The van der Waals surface area contributed by atoms with Crippen LogP contribution in [0.5, 0.6) is 0 Å². The Labute approximate surface area is 194 Å². The molecule has 1 rings (SSSR count). The van der Waals surface area contributed by atoms with E-state index in [1.54, 1.807) is 0 Å². The van der Waals surface area contributed by atoms with Crippen LogP contribution in [0.15, 0.2) is 30.3 Å². The van der Waals surface area contributed by atoms with Gasteiger partial charge in [0.2, 0.25) is 0 Å². The van der Waals surface area contributed by atoms with E-state index in [-0.39, 0.29) is 24.6 Å². The molecular formula is C27H44O5. The SMILES string of the molecule is CCCCCC(CCC(CCCCCCCCC(=O)O)OC(C)=O)OCc1ccccc1. The van der Waals surface area contributed by atoms with Crippen LogP contribution in [-0.2, 0) is 25.7 Å². The number of unbranched alkanes of at least 4 members (excludes halogenated alkanes) is 7. The number of esters is 1. The summed E-state index contributed by atoms with van der Waals surface area (Å²) in [6, 6.07) is 10.3. The lowest BCUT2D eigenvalue weighted by Gasteiger charge is -2.22. The topological polar surface area (TPSA) is 72.8 Å². The minimum atomic E-state index is -0.713. The largest absolute Gasteiger partial charge is 0.481 e. The first-order valence-corrected chi connectivity index (χ1v) is 12.6. The monoisotopic (exact) mass is 448 g/mol. The first kappa shape index (κ1) is 28.2. The molecule has 182 valence electrons. The molecule has 0 aliphatic rings. The van der Waals surface area contributed by atoms with E-state index in [0.717, 1.165) is 70.6 Å². The lowest BCUT2D eigenvalue weighted by Crippen LogP contribution is -2.21. The van der Waals surface area contributed by atoms with Crippen molar-refractivity contribution >= 4 is 11.9 Å². The van der Waals surface area contributed by atoms with Gasteiger partial charge in [-0.2, -0.15) is 0 Å². The van der Waals surface area contributed by atoms with E-state index in [9.17, 15) is 9.59 Å². The van der Waals surface area contributed by atoms with Gasteiger partial charge in [0.25, 0.3) is 0 Å². The smallest absolute Gasteiger partial charge is 0.303 e. The summed E-state index contributed by atoms with van der Waals surface area (Å²) >= 11 is 0. The van der Waals surface area contributed by atoms with Crippen LogP contribution in [-0.4, -0.2) is 29.3 Å². The third kappa shape index (κ3) is 15.9. The second-order valence-corrected chi connectivity index (χ2v) is 8.78. The van der Waals surface area contributed by atoms with Crippen molar-refractivity contribution in [3.63, 3.8) is 0 Å². The molecule has 1 aromatic rings. The molecule has 32 heavy (non-hydrogen) atoms. The van der Waals surface area contributed by atoms with Crippen molar-refractivity contribution in [1.29, 1.82) is 0 Å². The number of rotatable bonds is 20. The molecule has 1 N–H and O–H groups in total. The van der Waals surface area contributed by atoms with Crippen molar-refractivity contribution in [2.45, 2.75) is 123 Å². The molecule has 2 atom stereocenters. The maximum Gasteiger partial charge on any atom is 0.303 e. The first-order chi connectivity index (χ1) is 15.5. The predicted octanol–water partition coefficient (Wildman–Crippen LogP) is 7.07. The van der Waals surface area contributed by atoms with E-state index in [2.05, 4.69) is 19.1 Å². The van der Waals surface area contributed by atoms with Crippen molar-refractivity contribution < 1.29 is 24.2 Å². The quantitative estimate of drug-likeness (QED) is 0.171. The summed E-state index contributed by atoms with van der Waals surface area (Å²) in [5, 5.41) is 8.68. The summed E-state index contributed by atoms with van der Waals surface area (Å²) in [5.74, 6) is -0.925. The van der Waals surface area contributed by atoms with Crippen LogP contribution < -0.4 is 0 Å². The van der Waals surface area contributed by atoms with Gasteiger partial charge >= 0.3 is 11.9 Å². The minimum absolute atomic E-state index is 0.0477. The molecule has 1 aromatic carbocycles. The van der Waals surface area contributed by atoms with Crippen LogP contribution >= 0.6 is 0 Å². The molecule has 0 saturated carbocycles. The van der Waals surface area contributed by atoms with Crippen LogP contribution in [0.4, 0.5) is 0 Å². The highest BCUT2D eigenvalue weighted by Gasteiger charge is 2.17. The highest BCUT2D eigenvalue weighted by Crippen LogP contribution is 2.20. The number of ether oxygens (including phenoxy) is 2. The lowest BCUT2D eigenvalue weighted by molar-refractivity contribution is -0.147. The Kier molecular flexibility index (Phi) is 16.4. The summed E-state index contributed by atoms with van der Waals surface area (Å²) in [7, 11) is 0. The molecule has 0 radical (unpaired) electrons. The van der Waals surface area contributed by atoms with Gasteiger partial charge in [0, 0.05) is 13.3 Å². The van der Waals surface area contributed by atoms with Gasteiger partial charge in [0.15, 0.2) is 0 Å². The van der Waals surface area contributed by atoms with Gasteiger partial charge in [0.1, 0.15) is 6.10 Å². The fourth-order valence-corrected chi connectivity index (χ4v) is 3.95. The van der Waals surface area contributed by atoms with E-state index in [4.69, 9.17) is 14.6 Å². The van der Waals surface area contributed by atoms with Crippen molar-refractivity contribution in [2.75, 3.05) is 0 Å². The Bertz CT molecular complexity index is 601. The van der Waals surface area contributed by atoms with Gasteiger partial charge in [0.05, 0.1) is 12.7 Å². The zero-order valence-electron chi connectivity index (χ0n) is 20.2. The van der Waals surface area contributed by atoms with Gasteiger partial charge in [-0.1, -0.05) is 82.2 Å². The van der Waals surface area contributed by atoms with Gasteiger partial charge in [-0.25, -0.2) is 0 Å². The molecule has 0 amide bonds. The molecule has 2 unspecified atom stereocenters. The van der Waals surface area contributed by atoms with E-state index < -0.39 is 5.97 Å². The second-order valence-electron chi connectivity index (χ2n) is 8.78. The van der Waals surface area contributed by atoms with Crippen LogP contribution in [0.1, 0.15) is 109 Å². The minimum Gasteiger partial charge on any atom is -0.481 e. The number of hydrogen-bond acceptors (Lipinski definition) is 4. The zero-order valence-corrected chi connectivity index (χ0v) is 20.2. The summed E-state index contributed by atoms with van der Waals surface area (Å²) in [6.07, 6.45) is 13.7. The van der Waals surface area contributed by atoms with Crippen molar-refractivity contribution in [2.24, 2.45) is 0 Å². The zero-order chi connectivity index (χ0) is 23.4. The Hall–Kier alpha value is -1.88. The lowest BCUT2D eigenvalue weighted by atomic mass is 10.00.